The molecule has 202 valence electrons. The molecule has 1 aliphatic carbocycles. The molecule has 3 aromatic carbocycles. The molecule has 6 nitrogen and oxygen atoms in total. The minimum atomic E-state index is -4.56. The zero-order chi connectivity index (χ0) is 27.6. The molecule has 0 aromatic heterocycles. The Hall–Kier alpha value is -3.53. The average molecular weight is 548 g/mol. The summed E-state index contributed by atoms with van der Waals surface area (Å²) < 4.78 is 81.1. The first-order valence-corrected chi connectivity index (χ1v) is 13.5. The maximum atomic E-state index is 14.4. The smallest absolute Gasteiger partial charge is 0.337 e. The van der Waals surface area contributed by atoms with Crippen LogP contribution in [0.1, 0.15) is 46.0 Å². The molecular weight excluding hydrogens is 519 g/mol. The number of esters is 1. The minimum Gasteiger partial charge on any atom is -0.487 e. The first-order valence-electron chi connectivity index (χ1n) is 12.1. The highest BCUT2D eigenvalue weighted by Gasteiger charge is 2.31. The van der Waals surface area contributed by atoms with Gasteiger partial charge in [-0.25, -0.2) is 26.4 Å². The van der Waals surface area contributed by atoms with Crippen molar-refractivity contribution in [1.29, 1.82) is 0 Å². The summed E-state index contributed by atoms with van der Waals surface area (Å²) in [5.74, 6) is -2.40. The lowest BCUT2D eigenvalue weighted by atomic mass is 10.1. The van der Waals surface area contributed by atoms with Crippen molar-refractivity contribution in [2.75, 3.05) is 18.0 Å². The summed E-state index contributed by atoms with van der Waals surface area (Å²) in [6, 6.07) is 10.3. The predicted octanol–water partition coefficient (Wildman–Crippen LogP) is 5.68. The van der Waals surface area contributed by atoms with Crippen molar-refractivity contribution in [3.63, 3.8) is 0 Å². The largest absolute Gasteiger partial charge is 0.487 e. The lowest BCUT2D eigenvalue weighted by molar-refractivity contribution is 0.0600. The summed E-state index contributed by atoms with van der Waals surface area (Å²) in [5, 5.41) is 0. The Morgan fingerprint density at radius 1 is 1.03 bits per heavy atom. The molecule has 3 aromatic rings. The molecule has 0 saturated heterocycles. The first kappa shape index (κ1) is 27.5. The van der Waals surface area contributed by atoms with Crippen LogP contribution in [0.15, 0.2) is 53.4 Å². The fourth-order valence-electron chi connectivity index (χ4n) is 4.52. The number of fused-ring (bicyclic) bond motifs is 1. The number of rotatable bonds is 9. The predicted molar refractivity (Wildman–Crippen MR) is 137 cm³/mol. The van der Waals surface area contributed by atoms with Gasteiger partial charge < -0.3 is 9.47 Å². The van der Waals surface area contributed by atoms with Crippen LogP contribution >= 0.6 is 0 Å². The molecule has 1 aliphatic rings. The third kappa shape index (κ3) is 5.80. The number of carbonyl (C=O) groups is 1. The molecule has 0 radical (unpaired) electrons. The second kappa shape index (κ2) is 11.1. The van der Waals surface area contributed by atoms with E-state index in [4.69, 9.17) is 9.47 Å². The van der Waals surface area contributed by atoms with E-state index < -0.39 is 45.2 Å². The monoisotopic (exact) mass is 547 g/mol. The van der Waals surface area contributed by atoms with Gasteiger partial charge in [0.15, 0.2) is 0 Å². The first-order chi connectivity index (χ1) is 18.0. The topological polar surface area (TPSA) is 72.9 Å². The Balaban J connectivity index is 1.76. The van der Waals surface area contributed by atoms with Gasteiger partial charge in [-0.15, -0.1) is 0 Å². The quantitative estimate of drug-likeness (QED) is 0.322. The highest BCUT2D eigenvalue weighted by Crippen LogP contribution is 2.39. The van der Waals surface area contributed by atoms with Crippen molar-refractivity contribution in [3.8, 4) is 5.75 Å². The summed E-state index contributed by atoms with van der Waals surface area (Å²) in [6.07, 6.45) is 0.774. The molecule has 0 amide bonds. The molecule has 0 fully saturated rings. The lowest BCUT2D eigenvalue weighted by Gasteiger charge is -2.28. The number of carbonyl (C=O) groups excluding carboxylic acids is 1. The van der Waals surface area contributed by atoms with Crippen LogP contribution in [0, 0.1) is 18.6 Å². The number of aryl methyl sites for hydroxylation is 3. The third-order valence-electron chi connectivity index (χ3n) is 6.43. The Morgan fingerprint density at radius 2 is 1.68 bits per heavy atom. The number of halogens is 3. The van der Waals surface area contributed by atoms with Crippen LogP contribution in [0.5, 0.6) is 5.75 Å². The summed E-state index contributed by atoms with van der Waals surface area (Å²) >= 11 is 0. The van der Waals surface area contributed by atoms with Crippen molar-refractivity contribution in [3.05, 3.63) is 88.0 Å². The number of hydrogen-bond donors (Lipinski definition) is 0. The van der Waals surface area contributed by atoms with Crippen LogP contribution in [-0.2, 0) is 34.2 Å². The van der Waals surface area contributed by atoms with Gasteiger partial charge in [-0.2, -0.15) is 0 Å². The SMILES string of the molecule is COC(=O)c1ccc(COc2cc3c(cc2N(CC(C)F)S(=O)(=O)c2cc(F)cc(F)c2)CCC3)c(C)c1. The maximum absolute atomic E-state index is 14.4. The molecule has 0 saturated carbocycles. The fraction of sp³-hybridized carbons (Fsp3) is 0.321. The van der Waals surface area contributed by atoms with Gasteiger partial charge in [0.1, 0.15) is 30.2 Å². The number of anilines is 1. The van der Waals surface area contributed by atoms with Crippen molar-refractivity contribution in [2.45, 2.75) is 50.8 Å². The zero-order valence-corrected chi connectivity index (χ0v) is 22.1. The van der Waals surface area contributed by atoms with Crippen LogP contribution in [-0.4, -0.2) is 34.2 Å². The normalized spacial score (nSPS) is 13.6. The van der Waals surface area contributed by atoms with Crippen molar-refractivity contribution in [1.82, 2.24) is 0 Å². The molecule has 0 bridgehead atoms. The van der Waals surface area contributed by atoms with E-state index in [0.717, 1.165) is 39.4 Å². The molecule has 38 heavy (non-hydrogen) atoms. The lowest BCUT2D eigenvalue weighted by Crippen LogP contribution is -2.36. The number of sulfonamides is 1. The molecule has 0 N–H and O–H groups in total. The Bertz CT molecular complexity index is 1450. The van der Waals surface area contributed by atoms with Crippen LogP contribution < -0.4 is 9.04 Å². The third-order valence-corrected chi connectivity index (χ3v) is 8.19. The number of alkyl halides is 1. The number of methoxy groups -OCH3 is 1. The fourth-order valence-corrected chi connectivity index (χ4v) is 6.10. The summed E-state index contributed by atoms with van der Waals surface area (Å²) in [5.41, 5.74) is 3.86. The standard InChI is InChI=1S/C28H28F3NO5S/c1-17-9-21(28(33)36-3)7-8-22(17)16-37-27-11-20-6-4-5-19(20)10-26(27)32(15-18(2)29)38(34,35)25-13-23(30)12-24(31)14-25/h7-14,18H,4-6,15-16H2,1-3H3. The number of ether oxygens (including phenoxy) is 2. The number of nitrogens with zero attached hydrogens (tertiary/aromatic N) is 1. The zero-order valence-electron chi connectivity index (χ0n) is 21.3. The molecule has 1 atom stereocenters. The van der Waals surface area contributed by atoms with Crippen LogP contribution in [0.25, 0.3) is 0 Å². The highest BCUT2D eigenvalue weighted by atomic mass is 32.2. The van der Waals surface area contributed by atoms with Gasteiger partial charge in [-0.05, 0) is 91.8 Å². The number of benzene rings is 3. The Labute approximate surface area is 220 Å². The van der Waals surface area contributed by atoms with Crippen molar-refractivity contribution < 1.29 is 35.9 Å². The van der Waals surface area contributed by atoms with E-state index in [2.05, 4.69) is 0 Å². The van der Waals surface area contributed by atoms with Gasteiger partial charge in [0, 0.05) is 6.07 Å². The summed E-state index contributed by atoms with van der Waals surface area (Å²) in [4.78, 5) is 11.2. The Morgan fingerprint density at radius 3 is 2.29 bits per heavy atom. The van der Waals surface area contributed by atoms with Crippen LogP contribution in [0.3, 0.4) is 0 Å². The maximum Gasteiger partial charge on any atom is 0.337 e. The van der Waals surface area contributed by atoms with Crippen LogP contribution in [0.4, 0.5) is 18.9 Å². The second-order valence-electron chi connectivity index (χ2n) is 9.29. The molecule has 0 heterocycles. The van der Waals surface area contributed by atoms with Gasteiger partial charge in [0.25, 0.3) is 10.0 Å². The Kier molecular flexibility index (Phi) is 8.01. The van der Waals surface area contributed by atoms with Gasteiger partial charge in [0.2, 0.25) is 0 Å². The van der Waals surface area contributed by atoms with E-state index in [1.165, 1.54) is 14.0 Å². The summed E-state index contributed by atoms with van der Waals surface area (Å²) in [7, 11) is -3.27. The van der Waals surface area contributed by atoms with Gasteiger partial charge in [-0.3, -0.25) is 4.31 Å². The van der Waals surface area contributed by atoms with Crippen molar-refractivity contribution >= 4 is 21.7 Å². The van der Waals surface area contributed by atoms with E-state index in [1.807, 2.05) is 0 Å². The van der Waals surface area contributed by atoms with Crippen molar-refractivity contribution in [2.24, 2.45) is 0 Å². The molecule has 10 heteroatoms. The van der Waals surface area contributed by atoms with E-state index in [-0.39, 0.29) is 18.0 Å². The molecule has 1 unspecified atom stereocenters. The molecule has 0 aliphatic heterocycles. The average Bonchev–Trinajstić information content (AvgIpc) is 3.32. The molecule has 4 rings (SSSR count). The molecular formula is C28H28F3NO5S. The van der Waals surface area contributed by atoms with E-state index in [1.54, 1.807) is 37.3 Å². The number of hydrogen-bond acceptors (Lipinski definition) is 5. The van der Waals surface area contributed by atoms with Gasteiger partial charge >= 0.3 is 5.97 Å². The van der Waals surface area contributed by atoms with E-state index in [0.29, 0.717) is 30.2 Å². The van der Waals surface area contributed by atoms with Gasteiger partial charge in [0.05, 0.1) is 29.8 Å². The van der Waals surface area contributed by atoms with Crippen LogP contribution in [0.2, 0.25) is 0 Å². The highest BCUT2D eigenvalue weighted by molar-refractivity contribution is 7.92. The minimum absolute atomic E-state index is 0.0345. The second-order valence-corrected chi connectivity index (χ2v) is 11.1. The van der Waals surface area contributed by atoms with E-state index in [9.17, 15) is 26.4 Å². The molecule has 0 spiro atoms. The summed E-state index contributed by atoms with van der Waals surface area (Å²) in [6.45, 7) is 2.46. The van der Waals surface area contributed by atoms with Gasteiger partial charge in [-0.1, -0.05) is 6.07 Å². The van der Waals surface area contributed by atoms with E-state index >= 15 is 0 Å².